The van der Waals surface area contributed by atoms with Gasteiger partial charge in [-0.2, -0.15) is 8.61 Å². The summed E-state index contributed by atoms with van der Waals surface area (Å²) in [7, 11) is -7.24. The number of nitrogens with two attached hydrogens (primary N) is 1. The monoisotopic (exact) mass is 802 g/mol. The topological polar surface area (TPSA) is 205 Å². The lowest BCUT2D eigenvalue weighted by atomic mass is 10.1. The standard InChI is InChI=1S/C21H27N3O5S.C16H19N3O3S.ClH/c1-21(2,3)29-20(26)23-19-8-4-7-18(22-19)15-9-11-17(12-10-15)30(27,28)24-13-5-6-16(24)14-25;17-16-5-1-4-15(18-16)12-6-8-14(9-7-12)23(21,22)19-10-2-3-13(19)11-20;/h4,7-12,16,25H,5-6,13-14H2,1-3H3,(H,22,23,26);1,4-9,13,20H,2-3,10-11H2,(H2,17,18);1H/t16-;13-;/m11./s1. The lowest BCUT2D eigenvalue weighted by Gasteiger charge is -2.22. The van der Waals surface area contributed by atoms with Crippen LogP contribution in [-0.2, 0) is 24.8 Å². The molecule has 17 heteroatoms. The Bertz CT molecular complexity index is 2100. The van der Waals surface area contributed by atoms with Gasteiger partial charge in [0.05, 0.1) is 34.4 Å². The highest BCUT2D eigenvalue weighted by Gasteiger charge is 2.36. The fraction of sp³-hybridized carbons (Fsp3) is 0.378. The van der Waals surface area contributed by atoms with Crippen LogP contribution in [0, 0.1) is 0 Å². The minimum Gasteiger partial charge on any atom is -0.444 e. The highest BCUT2D eigenvalue weighted by Crippen LogP contribution is 2.29. The van der Waals surface area contributed by atoms with Crippen LogP contribution in [0.25, 0.3) is 22.5 Å². The molecule has 1 amide bonds. The Hall–Kier alpha value is -4.16. The van der Waals surface area contributed by atoms with Crippen molar-refractivity contribution in [2.24, 2.45) is 0 Å². The molecular formula is C37H47ClN6O8S2. The van der Waals surface area contributed by atoms with Gasteiger partial charge < -0.3 is 20.7 Å². The van der Waals surface area contributed by atoms with Gasteiger partial charge in [0.25, 0.3) is 0 Å². The molecule has 2 aliphatic heterocycles. The van der Waals surface area contributed by atoms with Crippen molar-refractivity contribution >= 4 is 50.2 Å². The normalized spacial score (nSPS) is 17.9. The Labute approximate surface area is 322 Å². The average Bonchev–Trinajstić information content (AvgIpc) is 3.82. The number of carbonyl (C=O) groups is 1. The number of rotatable bonds is 9. The first-order valence-electron chi connectivity index (χ1n) is 17.3. The molecule has 5 N–H and O–H groups in total. The first kappa shape index (κ1) is 42.6. The van der Waals surface area contributed by atoms with Crippen molar-refractivity contribution in [1.29, 1.82) is 0 Å². The summed E-state index contributed by atoms with van der Waals surface area (Å²) in [6, 6.07) is 22.8. The van der Waals surface area contributed by atoms with E-state index >= 15 is 0 Å². The number of hydrogen-bond acceptors (Lipinski definition) is 11. The highest BCUT2D eigenvalue weighted by atomic mass is 35.5. The van der Waals surface area contributed by atoms with Crippen LogP contribution in [0.1, 0.15) is 46.5 Å². The molecule has 0 saturated carbocycles. The number of pyridine rings is 2. The summed E-state index contributed by atoms with van der Waals surface area (Å²) in [4.78, 5) is 21.0. The average molecular weight is 803 g/mol. The van der Waals surface area contributed by atoms with Gasteiger partial charge in [-0.15, -0.1) is 12.4 Å². The summed E-state index contributed by atoms with van der Waals surface area (Å²) in [6.45, 7) is 5.86. The number of aliphatic hydroxyl groups excluding tert-OH is 2. The molecule has 2 aromatic carbocycles. The number of aromatic nitrogens is 2. The summed E-state index contributed by atoms with van der Waals surface area (Å²) in [5, 5.41) is 21.4. The largest absolute Gasteiger partial charge is 0.444 e. The van der Waals surface area contributed by atoms with Crippen molar-refractivity contribution < 1.29 is 36.6 Å². The number of sulfonamides is 2. The molecule has 2 aliphatic rings. The lowest BCUT2D eigenvalue weighted by Crippen LogP contribution is -2.37. The fourth-order valence-corrected chi connectivity index (χ4v) is 9.54. The Morgan fingerprint density at radius 3 is 1.63 bits per heavy atom. The molecular weight excluding hydrogens is 756 g/mol. The van der Waals surface area contributed by atoms with Gasteiger partial charge >= 0.3 is 6.09 Å². The van der Waals surface area contributed by atoms with E-state index in [-0.39, 0.29) is 47.5 Å². The van der Waals surface area contributed by atoms with Crippen LogP contribution in [0.2, 0.25) is 0 Å². The molecule has 4 heterocycles. The molecule has 4 aromatic rings. The number of aliphatic hydroxyl groups is 2. The number of nitrogens with one attached hydrogen (secondary N) is 1. The van der Waals surface area contributed by atoms with E-state index in [0.29, 0.717) is 54.5 Å². The van der Waals surface area contributed by atoms with E-state index in [2.05, 4.69) is 15.3 Å². The molecule has 0 radical (unpaired) electrons. The molecule has 14 nitrogen and oxygen atoms in total. The molecule has 2 aromatic heterocycles. The zero-order valence-electron chi connectivity index (χ0n) is 30.3. The number of benzene rings is 2. The molecule has 2 atom stereocenters. The van der Waals surface area contributed by atoms with Crippen LogP contribution in [-0.4, -0.2) is 95.7 Å². The van der Waals surface area contributed by atoms with E-state index in [4.69, 9.17) is 10.5 Å². The zero-order chi connectivity index (χ0) is 38.4. The molecule has 292 valence electrons. The Kier molecular flexibility index (Phi) is 14.2. The van der Waals surface area contributed by atoms with E-state index in [1.54, 1.807) is 87.5 Å². The summed E-state index contributed by atoms with van der Waals surface area (Å²) in [5.74, 6) is 0.753. The van der Waals surface area contributed by atoms with Gasteiger partial charge in [0.2, 0.25) is 20.0 Å². The Balaban J connectivity index is 0.000000244. The minimum absolute atomic E-state index is 0. The molecule has 0 unspecified atom stereocenters. The van der Waals surface area contributed by atoms with Crippen LogP contribution >= 0.6 is 12.4 Å². The molecule has 6 rings (SSSR count). The molecule has 0 spiro atoms. The molecule has 2 saturated heterocycles. The number of nitrogens with zero attached hydrogens (tertiary/aromatic N) is 4. The molecule has 54 heavy (non-hydrogen) atoms. The second kappa shape index (κ2) is 18.0. The number of anilines is 2. The van der Waals surface area contributed by atoms with Crippen molar-refractivity contribution in [3.05, 3.63) is 84.9 Å². The fourth-order valence-electron chi connectivity index (χ4n) is 6.17. The van der Waals surface area contributed by atoms with Crippen LogP contribution < -0.4 is 11.1 Å². The van der Waals surface area contributed by atoms with E-state index in [1.165, 1.54) is 20.7 Å². The van der Waals surface area contributed by atoms with Gasteiger partial charge in [-0.25, -0.2) is 31.6 Å². The van der Waals surface area contributed by atoms with Gasteiger partial charge in [-0.1, -0.05) is 36.4 Å². The van der Waals surface area contributed by atoms with E-state index in [1.807, 2.05) is 6.07 Å². The summed E-state index contributed by atoms with van der Waals surface area (Å²) < 4.78 is 59.1. The van der Waals surface area contributed by atoms with E-state index in [0.717, 1.165) is 18.4 Å². The second-order valence-corrected chi connectivity index (χ2v) is 17.5. The summed E-state index contributed by atoms with van der Waals surface area (Å²) >= 11 is 0. The number of amides is 1. The predicted octanol–water partition coefficient (Wildman–Crippen LogP) is 5.14. The number of halogens is 1. The van der Waals surface area contributed by atoms with E-state index < -0.39 is 31.7 Å². The van der Waals surface area contributed by atoms with Crippen LogP contribution in [0.3, 0.4) is 0 Å². The van der Waals surface area contributed by atoms with Crippen LogP contribution in [0.5, 0.6) is 0 Å². The third-order valence-corrected chi connectivity index (χ3v) is 12.7. The van der Waals surface area contributed by atoms with E-state index in [9.17, 15) is 31.8 Å². The molecule has 0 aliphatic carbocycles. The van der Waals surface area contributed by atoms with Crippen molar-refractivity contribution in [3.8, 4) is 22.5 Å². The quantitative estimate of drug-likeness (QED) is 0.174. The van der Waals surface area contributed by atoms with Crippen molar-refractivity contribution in [2.75, 3.05) is 37.4 Å². The number of hydrogen-bond donors (Lipinski definition) is 4. The zero-order valence-corrected chi connectivity index (χ0v) is 32.8. The minimum atomic E-state index is -3.66. The number of nitrogen functional groups attached to an aromatic ring is 1. The van der Waals surface area contributed by atoms with Gasteiger partial charge in [0.1, 0.15) is 17.2 Å². The smallest absolute Gasteiger partial charge is 0.413 e. The van der Waals surface area contributed by atoms with Crippen molar-refractivity contribution in [3.63, 3.8) is 0 Å². The summed E-state index contributed by atoms with van der Waals surface area (Å²) in [5.41, 5.74) is 7.85. The van der Waals surface area contributed by atoms with Crippen molar-refractivity contribution in [2.45, 2.75) is 73.9 Å². The van der Waals surface area contributed by atoms with Gasteiger partial charge in [0.15, 0.2) is 0 Å². The Morgan fingerprint density at radius 2 is 1.20 bits per heavy atom. The first-order chi connectivity index (χ1) is 25.1. The molecule has 0 bridgehead atoms. The van der Waals surface area contributed by atoms with Gasteiger partial charge in [0, 0.05) is 36.3 Å². The van der Waals surface area contributed by atoms with Crippen molar-refractivity contribution in [1.82, 2.24) is 18.6 Å². The van der Waals surface area contributed by atoms with Crippen LogP contribution in [0.4, 0.5) is 16.4 Å². The third kappa shape index (κ3) is 10.3. The second-order valence-electron chi connectivity index (χ2n) is 13.7. The summed E-state index contributed by atoms with van der Waals surface area (Å²) in [6.07, 6.45) is 2.27. The SMILES string of the molecule is CC(C)(C)OC(=O)Nc1cccc(-c2ccc(S(=O)(=O)N3CCC[C@@H]3CO)cc2)n1.Cl.Nc1cccc(-c2ccc(S(=O)(=O)N3CCC[C@@H]3CO)cc2)n1. The van der Waals surface area contributed by atoms with Gasteiger partial charge in [-0.05, 0) is 95.0 Å². The predicted molar refractivity (Wildman–Crippen MR) is 209 cm³/mol. The number of carbonyl (C=O) groups excluding carboxylic acids is 1. The highest BCUT2D eigenvalue weighted by molar-refractivity contribution is 7.89. The third-order valence-electron chi connectivity index (χ3n) is 8.73. The maximum absolute atomic E-state index is 12.9. The van der Waals surface area contributed by atoms with Crippen LogP contribution in [0.15, 0.2) is 94.7 Å². The number of ether oxygens (including phenoxy) is 1. The Morgan fingerprint density at radius 1 is 0.759 bits per heavy atom. The molecule has 2 fully saturated rings. The lowest BCUT2D eigenvalue weighted by molar-refractivity contribution is 0.0635. The first-order valence-corrected chi connectivity index (χ1v) is 20.2. The maximum Gasteiger partial charge on any atom is 0.413 e. The maximum atomic E-state index is 12.9. The van der Waals surface area contributed by atoms with Gasteiger partial charge in [-0.3, -0.25) is 5.32 Å².